The smallest absolute Gasteiger partial charge is 0.191 e. The van der Waals surface area contributed by atoms with Crippen molar-refractivity contribution in [2.45, 2.75) is 12.6 Å². The number of halogens is 3. The normalized spacial score (nSPS) is 12.2. The number of hydrogen-bond donors (Lipinski definition) is 2. The predicted octanol–water partition coefficient (Wildman–Crippen LogP) is 3.64. The van der Waals surface area contributed by atoms with Gasteiger partial charge in [0.05, 0.1) is 6.10 Å². The largest absolute Gasteiger partial charge is 0.375 e. The lowest BCUT2D eigenvalue weighted by atomic mass is 10.1. The van der Waals surface area contributed by atoms with Crippen LogP contribution in [0.5, 0.6) is 0 Å². The topological polar surface area (TPSA) is 45.7 Å². The maximum absolute atomic E-state index is 13.2. The lowest BCUT2D eigenvalue weighted by Gasteiger charge is -2.19. The van der Waals surface area contributed by atoms with Crippen LogP contribution < -0.4 is 10.6 Å². The molecule has 0 saturated heterocycles. The van der Waals surface area contributed by atoms with E-state index in [1.807, 2.05) is 6.07 Å². The van der Waals surface area contributed by atoms with E-state index in [0.717, 1.165) is 11.1 Å². The van der Waals surface area contributed by atoms with Crippen LogP contribution >= 0.6 is 24.0 Å². The Bertz CT molecular complexity index is 680. The molecule has 0 aliphatic carbocycles. The van der Waals surface area contributed by atoms with Gasteiger partial charge in [0.1, 0.15) is 11.6 Å². The summed E-state index contributed by atoms with van der Waals surface area (Å²) in [5.41, 5.74) is 1.69. The molecule has 0 saturated carbocycles. The summed E-state index contributed by atoms with van der Waals surface area (Å²) in [6.07, 6.45) is -0.238. The summed E-state index contributed by atoms with van der Waals surface area (Å²) in [6, 6.07) is 12.6. The molecule has 0 radical (unpaired) electrons. The van der Waals surface area contributed by atoms with Gasteiger partial charge in [-0.25, -0.2) is 8.78 Å². The van der Waals surface area contributed by atoms with Crippen molar-refractivity contribution in [2.75, 3.05) is 20.7 Å². The number of nitrogens with zero attached hydrogens (tertiary/aromatic N) is 1. The average molecular weight is 461 g/mol. The Morgan fingerprint density at radius 2 is 1.80 bits per heavy atom. The van der Waals surface area contributed by atoms with Crippen LogP contribution in [-0.4, -0.2) is 26.7 Å². The van der Waals surface area contributed by atoms with Crippen LogP contribution in [0.1, 0.15) is 17.2 Å². The van der Waals surface area contributed by atoms with Crippen LogP contribution in [-0.2, 0) is 11.3 Å². The van der Waals surface area contributed by atoms with Crippen LogP contribution in [0, 0.1) is 11.6 Å². The van der Waals surface area contributed by atoms with Gasteiger partial charge in [0, 0.05) is 27.2 Å². The van der Waals surface area contributed by atoms with Gasteiger partial charge in [0.25, 0.3) is 0 Å². The first-order valence-electron chi connectivity index (χ1n) is 7.59. The minimum Gasteiger partial charge on any atom is -0.375 e. The summed E-state index contributed by atoms with van der Waals surface area (Å²) >= 11 is 0. The molecule has 136 valence electrons. The Morgan fingerprint density at radius 1 is 1.08 bits per heavy atom. The number of aliphatic imine (C=N–C) groups is 1. The number of methoxy groups -OCH3 is 1. The van der Waals surface area contributed by atoms with E-state index in [1.54, 1.807) is 32.4 Å². The number of nitrogens with one attached hydrogen (secondary N) is 2. The monoisotopic (exact) mass is 461 g/mol. The molecule has 0 bridgehead atoms. The molecule has 0 fully saturated rings. The van der Waals surface area contributed by atoms with E-state index in [-0.39, 0.29) is 41.7 Å². The van der Waals surface area contributed by atoms with Crippen molar-refractivity contribution in [1.82, 2.24) is 10.6 Å². The molecular weight excluding hydrogens is 439 g/mol. The van der Waals surface area contributed by atoms with Gasteiger partial charge in [-0.3, -0.25) is 4.99 Å². The van der Waals surface area contributed by atoms with Gasteiger partial charge < -0.3 is 15.4 Å². The molecule has 2 aromatic carbocycles. The molecule has 4 nitrogen and oxygen atoms in total. The van der Waals surface area contributed by atoms with Crippen molar-refractivity contribution in [3.63, 3.8) is 0 Å². The summed E-state index contributed by atoms with van der Waals surface area (Å²) in [4.78, 5) is 4.12. The van der Waals surface area contributed by atoms with Gasteiger partial charge in [-0.1, -0.05) is 24.3 Å². The summed E-state index contributed by atoms with van der Waals surface area (Å²) in [5, 5.41) is 6.25. The molecule has 7 heteroatoms. The van der Waals surface area contributed by atoms with E-state index >= 15 is 0 Å². The van der Waals surface area contributed by atoms with Crippen LogP contribution in [0.25, 0.3) is 0 Å². The lowest BCUT2D eigenvalue weighted by Crippen LogP contribution is -2.39. The number of ether oxygens (including phenoxy) is 1. The molecule has 2 N–H and O–H groups in total. The van der Waals surface area contributed by atoms with Crippen LogP contribution in [0.2, 0.25) is 0 Å². The quantitative estimate of drug-likeness (QED) is 0.393. The van der Waals surface area contributed by atoms with Crippen LogP contribution in [0.15, 0.2) is 53.5 Å². The van der Waals surface area contributed by atoms with Crippen molar-refractivity contribution >= 4 is 29.9 Å². The molecule has 0 aliphatic rings. The van der Waals surface area contributed by atoms with Gasteiger partial charge in [0.15, 0.2) is 5.96 Å². The van der Waals surface area contributed by atoms with E-state index in [2.05, 4.69) is 15.6 Å². The second-order valence-electron chi connectivity index (χ2n) is 5.21. The average Bonchev–Trinajstić information content (AvgIpc) is 2.59. The molecule has 0 aromatic heterocycles. The maximum Gasteiger partial charge on any atom is 0.191 e. The maximum atomic E-state index is 13.2. The molecule has 2 aromatic rings. The minimum atomic E-state index is -0.283. The molecule has 1 unspecified atom stereocenters. The molecule has 0 aliphatic heterocycles. The van der Waals surface area contributed by atoms with Crippen molar-refractivity contribution in [1.29, 1.82) is 0 Å². The SMILES string of the molecule is CN=C(NCc1cccc(F)c1)NCC(OC)c1ccc(F)cc1.I. The molecule has 0 heterocycles. The summed E-state index contributed by atoms with van der Waals surface area (Å²) in [6.45, 7) is 0.913. The van der Waals surface area contributed by atoms with E-state index in [0.29, 0.717) is 19.0 Å². The van der Waals surface area contributed by atoms with Crippen LogP contribution in [0.3, 0.4) is 0 Å². The van der Waals surface area contributed by atoms with Crippen molar-refractivity contribution in [3.05, 3.63) is 71.3 Å². The van der Waals surface area contributed by atoms with E-state index < -0.39 is 0 Å². The Labute approximate surface area is 163 Å². The van der Waals surface area contributed by atoms with Gasteiger partial charge in [-0.05, 0) is 35.4 Å². The molecule has 1 atom stereocenters. The van der Waals surface area contributed by atoms with Crippen molar-refractivity contribution < 1.29 is 13.5 Å². The highest BCUT2D eigenvalue weighted by molar-refractivity contribution is 14.0. The van der Waals surface area contributed by atoms with E-state index in [4.69, 9.17) is 4.74 Å². The second-order valence-corrected chi connectivity index (χ2v) is 5.21. The molecular formula is C18H22F2IN3O. The van der Waals surface area contributed by atoms with Gasteiger partial charge in [-0.2, -0.15) is 0 Å². The van der Waals surface area contributed by atoms with Gasteiger partial charge >= 0.3 is 0 Å². The Kier molecular flexibility index (Phi) is 9.36. The van der Waals surface area contributed by atoms with Crippen molar-refractivity contribution in [2.24, 2.45) is 4.99 Å². The number of hydrogen-bond acceptors (Lipinski definition) is 2. The fraction of sp³-hybridized carbons (Fsp3) is 0.278. The second kappa shape index (κ2) is 11.0. The third kappa shape index (κ3) is 6.95. The standard InChI is InChI=1S/C18H21F2N3O.HI/c1-21-18(22-11-13-4-3-5-16(20)10-13)23-12-17(24-2)14-6-8-15(19)9-7-14;/h3-10,17H,11-12H2,1-2H3,(H2,21,22,23);1H. The predicted molar refractivity (Wildman–Crippen MR) is 106 cm³/mol. The van der Waals surface area contributed by atoms with Crippen molar-refractivity contribution in [3.8, 4) is 0 Å². The highest BCUT2D eigenvalue weighted by Gasteiger charge is 2.11. The minimum absolute atomic E-state index is 0. The molecule has 0 amide bonds. The third-order valence-corrected chi connectivity index (χ3v) is 3.55. The lowest BCUT2D eigenvalue weighted by molar-refractivity contribution is 0.106. The molecule has 25 heavy (non-hydrogen) atoms. The van der Waals surface area contributed by atoms with Gasteiger partial charge in [-0.15, -0.1) is 24.0 Å². The fourth-order valence-corrected chi connectivity index (χ4v) is 2.26. The zero-order chi connectivity index (χ0) is 17.4. The first-order valence-corrected chi connectivity index (χ1v) is 7.59. The zero-order valence-corrected chi connectivity index (χ0v) is 16.5. The van der Waals surface area contributed by atoms with E-state index in [9.17, 15) is 8.78 Å². The third-order valence-electron chi connectivity index (χ3n) is 3.55. The van der Waals surface area contributed by atoms with Gasteiger partial charge in [0.2, 0.25) is 0 Å². The Hall–Kier alpha value is -1.74. The zero-order valence-electron chi connectivity index (χ0n) is 14.1. The summed E-state index contributed by atoms with van der Waals surface area (Å²) in [7, 11) is 3.25. The molecule has 2 rings (SSSR count). The molecule has 0 spiro atoms. The number of guanidine groups is 1. The number of benzene rings is 2. The summed E-state index contributed by atoms with van der Waals surface area (Å²) in [5.74, 6) is 0.0190. The van der Waals surface area contributed by atoms with E-state index in [1.165, 1.54) is 24.3 Å². The first kappa shape index (κ1) is 21.3. The van der Waals surface area contributed by atoms with Crippen LogP contribution in [0.4, 0.5) is 8.78 Å². The highest BCUT2D eigenvalue weighted by Crippen LogP contribution is 2.16. The number of rotatable bonds is 6. The highest BCUT2D eigenvalue weighted by atomic mass is 127. The fourth-order valence-electron chi connectivity index (χ4n) is 2.26. The Balaban J connectivity index is 0.00000312. The summed E-state index contributed by atoms with van der Waals surface area (Å²) < 4.78 is 31.6. The first-order chi connectivity index (χ1) is 11.6. The Morgan fingerprint density at radius 3 is 2.40 bits per heavy atom.